The van der Waals surface area contributed by atoms with Crippen molar-refractivity contribution in [3.8, 4) is 11.1 Å². The molecule has 0 atom stereocenters. The monoisotopic (exact) mass is 317 g/mol. The minimum atomic E-state index is -0.225. The molecule has 118 valence electrons. The molecule has 4 heteroatoms. The standard InChI is InChI=1S/C20H16FN3/c21-16-8-6-15(7-9-16)17-3-1-2-4-18(17)22-12-14-5-10-19-20(11-14)24-13-23-19/h1-11,13,22H,12H2,(H,23,24). The number of halogens is 1. The molecular formula is C20H16FN3. The third kappa shape index (κ3) is 2.86. The molecule has 4 rings (SSSR count). The van der Waals surface area contributed by atoms with Crippen molar-refractivity contribution in [1.29, 1.82) is 0 Å². The van der Waals surface area contributed by atoms with Gasteiger partial charge in [-0.2, -0.15) is 0 Å². The predicted octanol–water partition coefficient (Wildman–Crippen LogP) is 4.98. The topological polar surface area (TPSA) is 40.7 Å². The largest absolute Gasteiger partial charge is 0.380 e. The molecule has 0 aliphatic rings. The van der Waals surface area contributed by atoms with Gasteiger partial charge in [-0.05, 0) is 41.5 Å². The second-order valence-electron chi connectivity index (χ2n) is 5.66. The van der Waals surface area contributed by atoms with Gasteiger partial charge in [0.15, 0.2) is 0 Å². The zero-order valence-electron chi connectivity index (χ0n) is 13.0. The highest BCUT2D eigenvalue weighted by Gasteiger charge is 2.05. The zero-order valence-corrected chi connectivity index (χ0v) is 13.0. The predicted molar refractivity (Wildman–Crippen MR) is 95.3 cm³/mol. The summed E-state index contributed by atoms with van der Waals surface area (Å²) in [4.78, 5) is 7.38. The summed E-state index contributed by atoms with van der Waals surface area (Å²) in [5.74, 6) is -0.225. The lowest BCUT2D eigenvalue weighted by atomic mass is 10.0. The highest BCUT2D eigenvalue weighted by molar-refractivity contribution is 5.78. The van der Waals surface area contributed by atoms with E-state index in [1.807, 2.05) is 30.3 Å². The van der Waals surface area contributed by atoms with E-state index in [0.717, 1.165) is 33.4 Å². The average Bonchev–Trinajstić information content (AvgIpc) is 3.09. The van der Waals surface area contributed by atoms with E-state index < -0.39 is 0 Å². The normalized spacial score (nSPS) is 10.9. The Morgan fingerprint density at radius 1 is 0.958 bits per heavy atom. The van der Waals surface area contributed by atoms with Gasteiger partial charge >= 0.3 is 0 Å². The van der Waals surface area contributed by atoms with Gasteiger partial charge in [0.25, 0.3) is 0 Å². The van der Waals surface area contributed by atoms with Crippen molar-refractivity contribution >= 4 is 16.7 Å². The maximum atomic E-state index is 13.1. The SMILES string of the molecule is Fc1ccc(-c2ccccc2NCc2ccc3[nH]cnc3c2)cc1. The Morgan fingerprint density at radius 3 is 2.67 bits per heavy atom. The number of aromatic amines is 1. The highest BCUT2D eigenvalue weighted by atomic mass is 19.1. The Morgan fingerprint density at radius 2 is 1.79 bits per heavy atom. The number of nitrogens with one attached hydrogen (secondary N) is 2. The van der Waals surface area contributed by atoms with Crippen LogP contribution >= 0.6 is 0 Å². The Balaban J connectivity index is 1.59. The zero-order chi connectivity index (χ0) is 16.4. The minimum Gasteiger partial charge on any atom is -0.380 e. The smallest absolute Gasteiger partial charge is 0.123 e. The molecule has 1 heterocycles. The van der Waals surface area contributed by atoms with Crippen LogP contribution in [0.1, 0.15) is 5.56 Å². The van der Waals surface area contributed by atoms with Gasteiger partial charge in [-0.3, -0.25) is 0 Å². The van der Waals surface area contributed by atoms with Gasteiger partial charge in [0.2, 0.25) is 0 Å². The molecule has 0 bridgehead atoms. The van der Waals surface area contributed by atoms with Crippen LogP contribution in [0.2, 0.25) is 0 Å². The molecule has 0 amide bonds. The number of rotatable bonds is 4. The molecule has 2 N–H and O–H groups in total. The summed E-state index contributed by atoms with van der Waals surface area (Å²) in [5.41, 5.74) is 6.21. The van der Waals surface area contributed by atoms with Crippen molar-refractivity contribution in [2.24, 2.45) is 0 Å². The van der Waals surface area contributed by atoms with Crippen molar-refractivity contribution in [1.82, 2.24) is 9.97 Å². The Kier molecular flexibility index (Phi) is 3.71. The molecule has 0 spiro atoms. The lowest BCUT2D eigenvalue weighted by Gasteiger charge is -2.12. The Bertz CT molecular complexity index is 974. The van der Waals surface area contributed by atoms with Gasteiger partial charge in [0, 0.05) is 17.8 Å². The third-order valence-electron chi connectivity index (χ3n) is 4.05. The second kappa shape index (κ2) is 6.16. The van der Waals surface area contributed by atoms with E-state index in [2.05, 4.69) is 27.4 Å². The summed E-state index contributed by atoms with van der Waals surface area (Å²) >= 11 is 0. The fourth-order valence-corrected chi connectivity index (χ4v) is 2.80. The van der Waals surface area contributed by atoms with Crippen LogP contribution in [0.5, 0.6) is 0 Å². The first-order chi connectivity index (χ1) is 11.8. The van der Waals surface area contributed by atoms with Gasteiger partial charge in [0.1, 0.15) is 5.82 Å². The molecule has 1 aromatic heterocycles. The quantitative estimate of drug-likeness (QED) is 0.557. The summed E-state index contributed by atoms with van der Waals surface area (Å²) < 4.78 is 13.1. The molecule has 24 heavy (non-hydrogen) atoms. The molecule has 0 unspecified atom stereocenters. The lowest BCUT2D eigenvalue weighted by molar-refractivity contribution is 0.628. The average molecular weight is 317 g/mol. The minimum absolute atomic E-state index is 0.225. The van der Waals surface area contributed by atoms with Gasteiger partial charge in [-0.25, -0.2) is 9.37 Å². The van der Waals surface area contributed by atoms with Gasteiger partial charge in [0.05, 0.1) is 17.4 Å². The fourth-order valence-electron chi connectivity index (χ4n) is 2.80. The molecule has 0 aliphatic carbocycles. The van der Waals surface area contributed by atoms with E-state index in [-0.39, 0.29) is 5.82 Å². The van der Waals surface area contributed by atoms with E-state index >= 15 is 0 Å². The molecule has 0 saturated heterocycles. The molecule has 0 radical (unpaired) electrons. The number of anilines is 1. The van der Waals surface area contributed by atoms with E-state index in [4.69, 9.17) is 0 Å². The first-order valence-corrected chi connectivity index (χ1v) is 7.80. The fraction of sp³-hybridized carbons (Fsp3) is 0.0500. The molecule has 3 nitrogen and oxygen atoms in total. The highest BCUT2D eigenvalue weighted by Crippen LogP contribution is 2.28. The molecule has 0 saturated carbocycles. The number of H-pyrrole nitrogens is 1. The van der Waals surface area contributed by atoms with Crippen molar-refractivity contribution in [2.75, 3.05) is 5.32 Å². The lowest BCUT2D eigenvalue weighted by Crippen LogP contribution is -2.01. The van der Waals surface area contributed by atoms with E-state index in [0.29, 0.717) is 6.54 Å². The van der Waals surface area contributed by atoms with Crippen molar-refractivity contribution in [2.45, 2.75) is 6.54 Å². The first kappa shape index (κ1) is 14.5. The Labute approximate surface area is 139 Å². The number of hydrogen-bond donors (Lipinski definition) is 2. The number of imidazole rings is 1. The molecule has 3 aromatic carbocycles. The van der Waals surface area contributed by atoms with Gasteiger partial charge in [-0.15, -0.1) is 0 Å². The summed E-state index contributed by atoms with van der Waals surface area (Å²) in [7, 11) is 0. The summed E-state index contributed by atoms with van der Waals surface area (Å²) in [6, 6.07) is 20.8. The second-order valence-corrected chi connectivity index (χ2v) is 5.66. The van der Waals surface area contributed by atoms with Crippen molar-refractivity contribution in [3.63, 3.8) is 0 Å². The van der Waals surface area contributed by atoms with Crippen LogP contribution in [0.15, 0.2) is 73.1 Å². The maximum absolute atomic E-state index is 13.1. The van der Waals surface area contributed by atoms with Crippen LogP contribution in [0.25, 0.3) is 22.2 Å². The number of nitrogens with zero attached hydrogens (tertiary/aromatic N) is 1. The van der Waals surface area contributed by atoms with Crippen LogP contribution in [0.4, 0.5) is 10.1 Å². The Hall–Kier alpha value is -3.14. The molecule has 0 aliphatic heterocycles. The maximum Gasteiger partial charge on any atom is 0.123 e. The molecule has 4 aromatic rings. The number of fused-ring (bicyclic) bond motifs is 1. The first-order valence-electron chi connectivity index (χ1n) is 7.80. The van der Waals surface area contributed by atoms with Crippen LogP contribution in [-0.2, 0) is 6.54 Å². The number of hydrogen-bond acceptors (Lipinski definition) is 2. The van der Waals surface area contributed by atoms with Crippen LogP contribution in [-0.4, -0.2) is 9.97 Å². The van der Waals surface area contributed by atoms with Crippen molar-refractivity contribution < 1.29 is 4.39 Å². The van der Waals surface area contributed by atoms with E-state index in [1.54, 1.807) is 18.5 Å². The van der Waals surface area contributed by atoms with Crippen LogP contribution in [0.3, 0.4) is 0 Å². The van der Waals surface area contributed by atoms with Gasteiger partial charge < -0.3 is 10.3 Å². The number of aromatic nitrogens is 2. The molecule has 0 fully saturated rings. The molecular weight excluding hydrogens is 301 g/mol. The van der Waals surface area contributed by atoms with Crippen molar-refractivity contribution in [3.05, 3.63) is 84.4 Å². The van der Waals surface area contributed by atoms with Crippen LogP contribution < -0.4 is 5.32 Å². The third-order valence-corrected chi connectivity index (χ3v) is 4.05. The van der Waals surface area contributed by atoms with Gasteiger partial charge in [-0.1, -0.05) is 36.4 Å². The number of para-hydroxylation sites is 1. The summed E-state index contributed by atoms with van der Waals surface area (Å²) in [6.45, 7) is 0.695. The van der Waals surface area contributed by atoms with E-state index in [9.17, 15) is 4.39 Å². The number of benzene rings is 3. The summed E-state index contributed by atoms with van der Waals surface area (Å²) in [6.07, 6.45) is 1.70. The van der Waals surface area contributed by atoms with E-state index in [1.165, 1.54) is 12.1 Å². The van der Waals surface area contributed by atoms with Crippen LogP contribution in [0, 0.1) is 5.82 Å². The summed E-state index contributed by atoms with van der Waals surface area (Å²) in [5, 5.41) is 3.47.